The standard InChI is InChI=1S/C27H22NO3P/c1-28-26(21-13-5-2-6-14-21)31-32(23-17-9-4-10-18-23,27(28)22-15-7-3-8-16-22)29-24-19-11-12-20-25(24)30-32/h2-20H,1H3. The Bertz CT molecular complexity index is 1300. The average Bonchev–Trinajstić information content (AvgIpc) is 3.33. The summed E-state index contributed by atoms with van der Waals surface area (Å²) in [5.74, 6) is 2.96. The summed E-state index contributed by atoms with van der Waals surface area (Å²) in [6.07, 6.45) is 0. The fourth-order valence-corrected chi connectivity index (χ4v) is 8.89. The second-order valence-electron chi connectivity index (χ2n) is 7.86. The van der Waals surface area contributed by atoms with Crippen LogP contribution in [0.3, 0.4) is 0 Å². The fraction of sp³-hybridized carbons (Fsp3) is 0.0370. The molecule has 4 aromatic carbocycles. The van der Waals surface area contributed by atoms with E-state index in [2.05, 4.69) is 16.7 Å². The zero-order valence-electron chi connectivity index (χ0n) is 17.6. The van der Waals surface area contributed by atoms with Gasteiger partial charge in [-0.3, -0.25) is 0 Å². The summed E-state index contributed by atoms with van der Waals surface area (Å²) in [4.78, 5) is 0. The van der Waals surface area contributed by atoms with Gasteiger partial charge in [0, 0.05) is 0 Å². The van der Waals surface area contributed by atoms with Gasteiger partial charge in [0.1, 0.15) is 0 Å². The van der Waals surface area contributed by atoms with Crippen LogP contribution in [0.4, 0.5) is 0 Å². The summed E-state index contributed by atoms with van der Waals surface area (Å²) in [5, 5.41) is 0.881. The van der Waals surface area contributed by atoms with Gasteiger partial charge in [0.15, 0.2) is 0 Å². The quantitative estimate of drug-likeness (QED) is 0.232. The van der Waals surface area contributed by atoms with Crippen LogP contribution in [0.5, 0.6) is 11.5 Å². The minimum absolute atomic E-state index is 0.685. The van der Waals surface area contributed by atoms with Crippen LogP contribution in [0.1, 0.15) is 11.1 Å². The molecule has 0 saturated heterocycles. The third kappa shape index (κ3) is 2.54. The SMILES string of the molecule is C[N+]1=C(c2ccccc2)OP2(c3ccccc3)(Oc3ccccc3O2)[C-]1c1ccccc1. The first kappa shape index (κ1) is 19.0. The maximum absolute atomic E-state index is 7.02. The van der Waals surface area contributed by atoms with E-state index >= 15 is 0 Å². The summed E-state index contributed by atoms with van der Waals surface area (Å²) in [6.45, 7) is 0. The first-order valence-corrected chi connectivity index (χ1v) is 12.6. The zero-order chi connectivity index (χ0) is 21.6. The van der Waals surface area contributed by atoms with Crippen LogP contribution < -0.4 is 14.4 Å². The van der Waals surface area contributed by atoms with Crippen LogP contribution in [0, 0.1) is 5.78 Å². The molecule has 0 N–H and O–H groups in total. The molecule has 0 bridgehead atoms. The van der Waals surface area contributed by atoms with Crippen LogP contribution in [0.2, 0.25) is 0 Å². The van der Waals surface area contributed by atoms with Gasteiger partial charge in [0.25, 0.3) is 0 Å². The Morgan fingerprint density at radius 1 is 0.594 bits per heavy atom. The van der Waals surface area contributed by atoms with Gasteiger partial charge >= 0.3 is 187 Å². The molecule has 2 heterocycles. The number of fused-ring (bicyclic) bond motifs is 1. The van der Waals surface area contributed by atoms with Gasteiger partial charge < -0.3 is 0 Å². The van der Waals surface area contributed by atoms with Crippen molar-refractivity contribution in [2.75, 3.05) is 7.05 Å². The number of hydrogen-bond acceptors (Lipinski definition) is 3. The Balaban J connectivity index is 1.67. The van der Waals surface area contributed by atoms with E-state index in [0.29, 0.717) is 17.4 Å². The third-order valence-corrected chi connectivity index (χ3v) is 9.91. The van der Waals surface area contributed by atoms with Crippen LogP contribution in [-0.4, -0.2) is 17.5 Å². The van der Waals surface area contributed by atoms with E-state index in [1.807, 2.05) is 110 Å². The van der Waals surface area contributed by atoms with E-state index in [-0.39, 0.29) is 0 Å². The summed E-state index contributed by atoms with van der Waals surface area (Å²) in [7, 11) is -2.07. The molecule has 0 aliphatic carbocycles. The Kier molecular flexibility index (Phi) is 4.08. The molecule has 0 radical (unpaired) electrons. The van der Waals surface area contributed by atoms with E-state index in [4.69, 9.17) is 13.6 Å². The molecule has 1 spiro atoms. The van der Waals surface area contributed by atoms with Crippen molar-refractivity contribution >= 4 is 18.5 Å². The van der Waals surface area contributed by atoms with Crippen molar-refractivity contribution < 1.29 is 18.1 Å². The summed E-state index contributed by atoms with van der Waals surface area (Å²) in [6, 6.07) is 38.2. The molecule has 4 aromatic rings. The molecule has 4 nitrogen and oxygen atoms in total. The van der Waals surface area contributed by atoms with Crippen molar-refractivity contribution in [1.29, 1.82) is 0 Å². The molecule has 5 heteroatoms. The van der Waals surface area contributed by atoms with Crippen molar-refractivity contribution in [3.63, 3.8) is 0 Å². The van der Waals surface area contributed by atoms with Crippen LogP contribution in [0.25, 0.3) is 0 Å². The van der Waals surface area contributed by atoms with Crippen molar-refractivity contribution in [2.45, 2.75) is 0 Å². The molecule has 0 saturated carbocycles. The molecule has 2 aliphatic heterocycles. The van der Waals surface area contributed by atoms with Crippen LogP contribution in [-0.2, 0) is 4.52 Å². The Morgan fingerprint density at radius 2 is 1.09 bits per heavy atom. The maximum atomic E-state index is 7.02. The molecule has 6 rings (SSSR count). The van der Waals surface area contributed by atoms with Gasteiger partial charge in [0.05, 0.1) is 0 Å². The second kappa shape index (κ2) is 6.88. The van der Waals surface area contributed by atoms with Gasteiger partial charge in [-0.25, -0.2) is 0 Å². The van der Waals surface area contributed by atoms with Crippen molar-refractivity contribution in [3.05, 3.63) is 132 Å². The molecule has 0 unspecified atom stereocenters. The molecule has 0 aromatic heterocycles. The Labute approximate surface area is 187 Å². The molecular formula is C27H22NO3P. The molecule has 2 aliphatic rings. The van der Waals surface area contributed by atoms with Crippen molar-refractivity contribution in [3.8, 4) is 11.5 Å². The third-order valence-electron chi connectivity index (χ3n) is 5.87. The number of benzene rings is 4. The minimum atomic E-state index is -4.09. The first-order valence-electron chi connectivity index (χ1n) is 10.6. The normalized spacial score (nSPS) is 18.8. The summed E-state index contributed by atoms with van der Waals surface area (Å²) in [5.41, 5.74) is 1.96. The van der Waals surface area contributed by atoms with Gasteiger partial charge in [-0.2, -0.15) is 0 Å². The zero-order valence-corrected chi connectivity index (χ0v) is 18.5. The molecule has 0 amide bonds. The fourth-order valence-electron chi connectivity index (χ4n) is 4.51. The second-order valence-corrected chi connectivity index (χ2v) is 11.1. The Hall–Kier alpha value is -3.75. The van der Waals surface area contributed by atoms with Crippen molar-refractivity contribution in [1.82, 2.24) is 0 Å². The molecule has 32 heavy (non-hydrogen) atoms. The van der Waals surface area contributed by atoms with Crippen LogP contribution in [0.15, 0.2) is 115 Å². The van der Waals surface area contributed by atoms with E-state index < -0.39 is 7.28 Å². The first-order chi connectivity index (χ1) is 15.7. The molecular weight excluding hydrogens is 417 g/mol. The molecule has 0 atom stereocenters. The Morgan fingerprint density at radius 3 is 1.69 bits per heavy atom. The van der Waals surface area contributed by atoms with Gasteiger partial charge in [0.2, 0.25) is 0 Å². The van der Waals surface area contributed by atoms with E-state index in [1.54, 1.807) is 0 Å². The predicted octanol–water partition coefficient (Wildman–Crippen LogP) is 5.74. The van der Waals surface area contributed by atoms with E-state index in [0.717, 1.165) is 22.2 Å². The van der Waals surface area contributed by atoms with Gasteiger partial charge in [-0.1, -0.05) is 0 Å². The summed E-state index contributed by atoms with van der Waals surface area (Å²) < 4.78 is 22.9. The topological polar surface area (TPSA) is 30.7 Å². The summed E-state index contributed by atoms with van der Waals surface area (Å²) >= 11 is 0. The number of rotatable bonds is 3. The molecule has 0 fully saturated rings. The average molecular weight is 439 g/mol. The van der Waals surface area contributed by atoms with Crippen LogP contribution >= 0.6 is 7.28 Å². The number of nitrogens with zero attached hydrogens (tertiary/aromatic N) is 1. The molecule has 158 valence electrons. The van der Waals surface area contributed by atoms with E-state index in [9.17, 15) is 0 Å². The number of para-hydroxylation sites is 2. The van der Waals surface area contributed by atoms with Crippen molar-refractivity contribution in [2.24, 2.45) is 0 Å². The number of hydrogen-bond donors (Lipinski definition) is 0. The van der Waals surface area contributed by atoms with E-state index in [1.165, 1.54) is 0 Å². The van der Waals surface area contributed by atoms with Gasteiger partial charge in [-0.15, -0.1) is 0 Å². The predicted molar refractivity (Wildman–Crippen MR) is 127 cm³/mol. The monoisotopic (exact) mass is 439 g/mol. The van der Waals surface area contributed by atoms with Gasteiger partial charge in [-0.05, 0) is 0 Å².